The highest BCUT2D eigenvalue weighted by atomic mass is 79.9. The number of halogens is 2. The molecule has 114 valence electrons. The second-order valence-corrected chi connectivity index (χ2v) is 5.41. The van der Waals surface area contributed by atoms with Crippen LogP contribution >= 0.6 is 15.9 Å². The number of hydrogen-bond donors (Lipinski definition) is 2. The summed E-state index contributed by atoms with van der Waals surface area (Å²) in [5.74, 6) is -1.82. The van der Waals surface area contributed by atoms with Crippen LogP contribution in [0.2, 0.25) is 0 Å². The van der Waals surface area contributed by atoms with Gasteiger partial charge in [-0.05, 0) is 43.0 Å². The first kappa shape index (κ1) is 17.4. The number of carbonyl (C=O) groups is 2. The molecule has 1 amide bonds. The molecule has 0 aliphatic rings. The highest BCUT2D eigenvalue weighted by molar-refractivity contribution is 9.10. The first-order chi connectivity index (χ1) is 9.93. The summed E-state index contributed by atoms with van der Waals surface area (Å²) in [6.07, 6.45) is 2.84. The van der Waals surface area contributed by atoms with E-state index in [9.17, 15) is 14.0 Å². The minimum atomic E-state index is -1.07. The van der Waals surface area contributed by atoms with Crippen LogP contribution in [0, 0.1) is 5.82 Å². The maximum absolute atomic E-state index is 13.1. The number of carbonyl (C=O) groups excluding carboxylic acids is 1. The molecule has 0 fully saturated rings. The van der Waals surface area contributed by atoms with E-state index in [0.29, 0.717) is 24.8 Å². The Morgan fingerprint density at radius 1 is 1.48 bits per heavy atom. The van der Waals surface area contributed by atoms with Gasteiger partial charge < -0.3 is 10.4 Å². The number of carboxylic acids is 1. The number of rotatable bonds is 8. The van der Waals surface area contributed by atoms with E-state index in [1.807, 2.05) is 0 Å². The van der Waals surface area contributed by atoms with Gasteiger partial charge in [0.2, 0.25) is 5.91 Å². The van der Waals surface area contributed by atoms with Gasteiger partial charge in [-0.2, -0.15) is 0 Å². The van der Waals surface area contributed by atoms with Crippen LogP contribution in [0.5, 0.6) is 0 Å². The molecule has 1 aromatic carbocycles. The Labute approximate surface area is 131 Å². The number of nitrogens with one attached hydrogen (secondary N) is 1. The number of hydrogen-bond acceptors (Lipinski definition) is 2. The van der Waals surface area contributed by atoms with Crippen LogP contribution in [-0.4, -0.2) is 23.0 Å². The largest absolute Gasteiger partial charge is 0.480 e. The normalized spacial score (nSPS) is 11.7. The zero-order chi connectivity index (χ0) is 15.8. The lowest BCUT2D eigenvalue weighted by Crippen LogP contribution is -2.40. The Hall–Kier alpha value is -1.69. The van der Waals surface area contributed by atoms with Crippen molar-refractivity contribution in [3.8, 4) is 0 Å². The lowest BCUT2D eigenvalue weighted by molar-refractivity contribution is -0.142. The van der Waals surface area contributed by atoms with Gasteiger partial charge in [0.25, 0.3) is 0 Å². The number of benzene rings is 1. The average Bonchev–Trinajstić information content (AvgIpc) is 2.44. The highest BCUT2D eigenvalue weighted by Crippen LogP contribution is 2.19. The van der Waals surface area contributed by atoms with Crippen LogP contribution in [0.25, 0.3) is 0 Å². The molecule has 0 bridgehead atoms. The monoisotopic (exact) mass is 357 g/mol. The van der Waals surface area contributed by atoms with E-state index in [1.165, 1.54) is 12.1 Å². The zero-order valence-corrected chi connectivity index (χ0v) is 13.0. The van der Waals surface area contributed by atoms with Gasteiger partial charge in [0.05, 0.1) is 0 Å². The van der Waals surface area contributed by atoms with Crippen molar-refractivity contribution in [3.05, 3.63) is 46.7 Å². The first-order valence-corrected chi connectivity index (χ1v) is 7.30. The molecule has 1 unspecified atom stereocenters. The molecule has 0 aliphatic heterocycles. The molecule has 1 atom stereocenters. The van der Waals surface area contributed by atoms with Crippen molar-refractivity contribution in [2.24, 2.45) is 0 Å². The van der Waals surface area contributed by atoms with Gasteiger partial charge in [-0.1, -0.05) is 22.0 Å². The highest BCUT2D eigenvalue weighted by Gasteiger charge is 2.18. The van der Waals surface area contributed by atoms with Crippen molar-refractivity contribution in [3.63, 3.8) is 0 Å². The second-order valence-electron chi connectivity index (χ2n) is 4.56. The first-order valence-electron chi connectivity index (χ1n) is 6.51. The van der Waals surface area contributed by atoms with E-state index >= 15 is 0 Å². The lowest BCUT2D eigenvalue weighted by Gasteiger charge is -2.13. The third kappa shape index (κ3) is 6.08. The fraction of sp³-hybridized carbons (Fsp3) is 0.333. The van der Waals surface area contributed by atoms with Crippen molar-refractivity contribution >= 4 is 27.8 Å². The van der Waals surface area contributed by atoms with E-state index in [0.717, 1.165) is 4.47 Å². The van der Waals surface area contributed by atoms with Gasteiger partial charge in [0.15, 0.2) is 0 Å². The molecule has 1 aromatic rings. The van der Waals surface area contributed by atoms with E-state index in [2.05, 4.69) is 27.8 Å². The molecular weight excluding hydrogens is 341 g/mol. The van der Waals surface area contributed by atoms with Crippen molar-refractivity contribution in [2.75, 3.05) is 0 Å². The molecule has 0 heterocycles. The predicted molar refractivity (Wildman–Crippen MR) is 81.4 cm³/mol. The molecule has 0 aromatic heterocycles. The maximum atomic E-state index is 13.1. The molecule has 0 radical (unpaired) electrons. The van der Waals surface area contributed by atoms with Gasteiger partial charge in [0.1, 0.15) is 11.9 Å². The molecule has 6 heteroatoms. The summed E-state index contributed by atoms with van der Waals surface area (Å²) in [6.45, 7) is 3.52. The van der Waals surface area contributed by atoms with Gasteiger partial charge in [-0.15, -0.1) is 6.58 Å². The van der Waals surface area contributed by atoms with Crippen LogP contribution in [0.4, 0.5) is 4.39 Å². The molecule has 1 rings (SSSR count). The minimum absolute atomic E-state index is 0.0971. The Bertz CT molecular complexity index is 534. The number of aryl methyl sites for hydroxylation is 1. The van der Waals surface area contributed by atoms with Crippen molar-refractivity contribution in [2.45, 2.75) is 31.7 Å². The van der Waals surface area contributed by atoms with Crippen molar-refractivity contribution in [1.82, 2.24) is 5.32 Å². The molecule has 4 nitrogen and oxygen atoms in total. The number of amides is 1. The fourth-order valence-corrected chi connectivity index (χ4v) is 2.24. The molecule has 0 saturated heterocycles. The quantitative estimate of drug-likeness (QED) is 0.702. The molecule has 0 spiro atoms. The Morgan fingerprint density at radius 3 is 2.81 bits per heavy atom. The summed E-state index contributed by atoms with van der Waals surface area (Å²) >= 11 is 3.29. The minimum Gasteiger partial charge on any atom is -0.480 e. The summed E-state index contributed by atoms with van der Waals surface area (Å²) in [5.41, 5.74) is 0.670. The van der Waals surface area contributed by atoms with Crippen LogP contribution < -0.4 is 5.32 Å². The standard InChI is InChI=1S/C15H17BrFNO3/c1-2-3-4-13(15(20)21)18-14(19)8-5-10-9-11(17)6-7-12(10)16/h2,6-7,9,13H,1,3-5,8H2,(H,18,19)(H,20,21). The van der Waals surface area contributed by atoms with E-state index in [1.54, 1.807) is 12.1 Å². The van der Waals surface area contributed by atoms with Crippen LogP contribution in [-0.2, 0) is 16.0 Å². The molecular formula is C15H17BrFNO3. The fourth-order valence-electron chi connectivity index (χ4n) is 1.79. The number of allylic oxidation sites excluding steroid dienone is 1. The number of aliphatic carboxylic acids is 1. The summed E-state index contributed by atoms with van der Waals surface area (Å²) in [4.78, 5) is 22.8. The maximum Gasteiger partial charge on any atom is 0.326 e. The smallest absolute Gasteiger partial charge is 0.326 e. The predicted octanol–water partition coefficient (Wildman–Crippen LogP) is 3.06. The summed E-state index contributed by atoms with van der Waals surface area (Å²) in [7, 11) is 0. The molecule has 21 heavy (non-hydrogen) atoms. The van der Waals surface area contributed by atoms with Crippen molar-refractivity contribution < 1.29 is 19.1 Å². The third-order valence-electron chi connectivity index (χ3n) is 2.92. The van der Waals surface area contributed by atoms with Gasteiger partial charge >= 0.3 is 5.97 Å². The zero-order valence-electron chi connectivity index (χ0n) is 11.4. The Kier molecular flexibility index (Phi) is 7.08. The average molecular weight is 358 g/mol. The van der Waals surface area contributed by atoms with Crippen LogP contribution in [0.1, 0.15) is 24.8 Å². The lowest BCUT2D eigenvalue weighted by atomic mass is 10.1. The van der Waals surface area contributed by atoms with E-state index < -0.39 is 12.0 Å². The summed E-state index contributed by atoms with van der Waals surface area (Å²) in [5, 5.41) is 11.5. The van der Waals surface area contributed by atoms with Gasteiger partial charge in [0, 0.05) is 10.9 Å². The SMILES string of the molecule is C=CCCC(NC(=O)CCc1cc(F)ccc1Br)C(=O)O. The molecule has 0 aliphatic carbocycles. The third-order valence-corrected chi connectivity index (χ3v) is 3.70. The van der Waals surface area contributed by atoms with E-state index in [-0.39, 0.29) is 18.1 Å². The van der Waals surface area contributed by atoms with Gasteiger partial charge in [-0.3, -0.25) is 4.79 Å². The summed E-state index contributed by atoms with van der Waals surface area (Å²) in [6, 6.07) is 3.33. The van der Waals surface area contributed by atoms with Crippen LogP contribution in [0.15, 0.2) is 35.3 Å². The molecule has 2 N–H and O–H groups in total. The summed E-state index contributed by atoms with van der Waals surface area (Å²) < 4.78 is 13.8. The van der Waals surface area contributed by atoms with Gasteiger partial charge in [-0.25, -0.2) is 9.18 Å². The van der Waals surface area contributed by atoms with Crippen LogP contribution in [0.3, 0.4) is 0 Å². The van der Waals surface area contributed by atoms with Crippen molar-refractivity contribution in [1.29, 1.82) is 0 Å². The Balaban J connectivity index is 2.54. The second kappa shape index (κ2) is 8.56. The Morgan fingerprint density at radius 2 is 2.19 bits per heavy atom. The molecule has 0 saturated carbocycles. The topological polar surface area (TPSA) is 66.4 Å². The van der Waals surface area contributed by atoms with E-state index in [4.69, 9.17) is 5.11 Å². The number of carboxylic acid groups (broad SMARTS) is 1.